The van der Waals surface area contributed by atoms with Crippen LogP contribution in [0.3, 0.4) is 0 Å². The molecule has 5 nitrogen and oxygen atoms in total. The SMILES string of the molecule is CCCCCCCCCCCCCCCCOc1ccc(N=C(CC#N)C(C#N)C#N)cc1. The predicted octanol–water partition coefficient (Wildman–Crippen LogP) is 8.20. The smallest absolute Gasteiger partial charge is 0.172 e. The van der Waals surface area contributed by atoms with Crippen molar-refractivity contribution in [1.29, 1.82) is 15.8 Å². The zero-order valence-corrected chi connectivity index (χ0v) is 20.4. The molecular weight excluding hydrogens is 408 g/mol. The maximum Gasteiger partial charge on any atom is 0.172 e. The van der Waals surface area contributed by atoms with Crippen LogP contribution in [0, 0.1) is 39.9 Å². The van der Waals surface area contributed by atoms with Gasteiger partial charge in [-0.2, -0.15) is 15.8 Å². The van der Waals surface area contributed by atoms with E-state index >= 15 is 0 Å². The molecule has 0 bridgehead atoms. The molecule has 0 aromatic heterocycles. The Morgan fingerprint density at radius 2 is 1.24 bits per heavy atom. The first-order valence-corrected chi connectivity index (χ1v) is 12.7. The fraction of sp³-hybridized carbons (Fsp3) is 0.643. The molecule has 0 spiro atoms. The highest BCUT2D eigenvalue weighted by Gasteiger charge is 2.14. The lowest BCUT2D eigenvalue weighted by Crippen LogP contribution is -2.09. The van der Waals surface area contributed by atoms with Crippen LogP contribution in [-0.4, -0.2) is 12.3 Å². The molecule has 0 aliphatic heterocycles. The summed E-state index contributed by atoms with van der Waals surface area (Å²) in [6.07, 6.45) is 18.7. The molecule has 1 aromatic rings. The minimum atomic E-state index is -0.999. The van der Waals surface area contributed by atoms with Crippen LogP contribution in [0.5, 0.6) is 5.75 Å². The number of rotatable bonds is 19. The van der Waals surface area contributed by atoms with Gasteiger partial charge < -0.3 is 4.74 Å². The lowest BCUT2D eigenvalue weighted by atomic mass is 10.0. The van der Waals surface area contributed by atoms with E-state index < -0.39 is 5.92 Å². The molecule has 1 aromatic carbocycles. The topological polar surface area (TPSA) is 93.0 Å². The van der Waals surface area contributed by atoms with Crippen molar-refractivity contribution >= 4 is 11.4 Å². The molecule has 0 aliphatic rings. The highest BCUT2D eigenvalue weighted by Crippen LogP contribution is 2.20. The second-order valence-electron chi connectivity index (χ2n) is 8.57. The lowest BCUT2D eigenvalue weighted by Gasteiger charge is -2.07. The van der Waals surface area contributed by atoms with Gasteiger partial charge in [0.05, 0.1) is 42.6 Å². The van der Waals surface area contributed by atoms with E-state index in [4.69, 9.17) is 20.5 Å². The summed E-state index contributed by atoms with van der Waals surface area (Å²) in [5.41, 5.74) is 0.887. The Morgan fingerprint density at radius 1 is 0.758 bits per heavy atom. The third kappa shape index (κ3) is 14.0. The van der Waals surface area contributed by atoms with E-state index in [0.717, 1.165) is 12.2 Å². The van der Waals surface area contributed by atoms with Crippen LogP contribution in [-0.2, 0) is 0 Å². The number of hydrogen-bond donors (Lipinski definition) is 0. The van der Waals surface area contributed by atoms with Crippen LogP contribution in [0.25, 0.3) is 0 Å². The van der Waals surface area contributed by atoms with Crippen LogP contribution in [0.2, 0.25) is 0 Å². The van der Waals surface area contributed by atoms with Crippen molar-refractivity contribution in [2.45, 2.75) is 103 Å². The maximum atomic E-state index is 9.03. The number of unbranched alkanes of at least 4 members (excludes halogenated alkanes) is 13. The first-order valence-electron chi connectivity index (χ1n) is 12.7. The van der Waals surface area contributed by atoms with Gasteiger partial charge in [-0.15, -0.1) is 0 Å². The molecule has 33 heavy (non-hydrogen) atoms. The molecule has 0 unspecified atom stereocenters. The number of nitrogens with zero attached hydrogens (tertiary/aromatic N) is 4. The summed E-state index contributed by atoms with van der Waals surface area (Å²) >= 11 is 0. The third-order valence-electron chi connectivity index (χ3n) is 5.73. The first kappa shape index (κ1) is 28.2. The second kappa shape index (κ2) is 19.8. The highest BCUT2D eigenvalue weighted by atomic mass is 16.5. The van der Waals surface area contributed by atoms with Gasteiger partial charge in [0.25, 0.3) is 0 Å². The van der Waals surface area contributed by atoms with E-state index in [0.29, 0.717) is 12.3 Å². The molecule has 178 valence electrons. The summed E-state index contributed by atoms with van der Waals surface area (Å²) < 4.78 is 5.80. The van der Waals surface area contributed by atoms with Crippen molar-refractivity contribution in [3.63, 3.8) is 0 Å². The molecule has 0 fully saturated rings. The largest absolute Gasteiger partial charge is 0.494 e. The van der Waals surface area contributed by atoms with Gasteiger partial charge in [0.2, 0.25) is 0 Å². The average molecular weight is 449 g/mol. The minimum Gasteiger partial charge on any atom is -0.494 e. The summed E-state index contributed by atoms with van der Waals surface area (Å²) in [5.74, 6) is -0.219. The molecule has 1 rings (SSSR count). The molecule has 0 heterocycles. The van der Waals surface area contributed by atoms with Gasteiger partial charge in [0.15, 0.2) is 5.92 Å². The fourth-order valence-corrected chi connectivity index (χ4v) is 3.73. The van der Waals surface area contributed by atoms with Gasteiger partial charge in [-0.1, -0.05) is 90.4 Å². The monoisotopic (exact) mass is 448 g/mol. The van der Waals surface area contributed by atoms with Crippen molar-refractivity contribution in [2.75, 3.05) is 6.61 Å². The summed E-state index contributed by atoms with van der Waals surface area (Å²) in [4.78, 5) is 4.30. The molecule has 0 saturated heterocycles. The zero-order valence-electron chi connectivity index (χ0n) is 20.4. The first-order chi connectivity index (χ1) is 16.2. The normalized spacial score (nSPS) is 11.1. The summed E-state index contributed by atoms with van der Waals surface area (Å²) in [5, 5.41) is 26.9. The summed E-state index contributed by atoms with van der Waals surface area (Å²) in [6.45, 7) is 2.97. The average Bonchev–Trinajstić information content (AvgIpc) is 2.83. The van der Waals surface area contributed by atoms with Gasteiger partial charge >= 0.3 is 0 Å². The second-order valence-corrected chi connectivity index (χ2v) is 8.57. The van der Waals surface area contributed by atoms with E-state index in [1.54, 1.807) is 12.1 Å². The van der Waals surface area contributed by atoms with E-state index in [-0.39, 0.29) is 12.1 Å². The molecule has 0 atom stereocenters. The van der Waals surface area contributed by atoms with E-state index in [1.165, 1.54) is 83.5 Å². The number of benzene rings is 1. The van der Waals surface area contributed by atoms with Gasteiger partial charge in [-0.3, -0.25) is 4.99 Å². The van der Waals surface area contributed by atoms with Crippen molar-refractivity contribution < 1.29 is 4.74 Å². The molecule has 0 radical (unpaired) electrons. The third-order valence-corrected chi connectivity index (χ3v) is 5.73. The van der Waals surface area contributed by atoms with E-state index in [1.807, 2.05) is 30.3 Å². The Hall–Kier alpha value is -2.84. The van der Waals surface area contributed by atoms with Gasteiger partial charge in [-0.25, -0.2) is 0 Å². The van der Waals surface area contributed by atoms with Crippen molar-refractivity contribution in [2.24, 2.45) is 10.9 Å². The fourth-order valence-electron chi connectivity index (χ4n) is 3.73. The van der Waals surface area contributed by atoms with Gasteiger partial charge in [-0.05, 0) is 30.7 Å². The Kier molecular flexibility index (Phi) is 16.9. The number of hydrogen-bond acceptors (Lipinski definition) is 5. The van der Waals surface area contributed by atoms with Crippen molar-refractivity contribution in [3.05, 3.63) is 24.3 Å². The Balaban J connectivity index is 2.11. The maximum absolute atomic E-state index is 9.03. The van der Waals surface area contributed by atoms with Gasteiger partial charge in [0.1, 0.15) is 5.75 Å². The number of aliphatic imine (C=N–C) groups is 1. The van der Waals surface area contributed by atoms with E-state index in [2.05, 4.69) is 11.9 Å². The molecule has 0 aliphatic carbocycles. The molecule has 0 N–H and O–H groups in total. The summed E-state index contributed by atoms with van der Waals surface area (Å²) in [6, 6.07) is 12.9. The van der Waals surface area contributed by atoms with Crippen LogP contribution in [0.15, 0.2) is 29.3 Å². The van der Waals surface area contributed by atoms with Crippen LogP contribution in [0.4, 0.5) is 5.69 Å². The molecule has 0 saturated carbocycles. The lowest BCUT2D eigenvalue weighted by molar-refractivity contribution is 0.304. The van der Waals surface area contributed by atoms with Crippen LogP contribution < -0.4 is 4.74 Å². The van der Waals surface area contributed by atoms with Crippen molar-refractivity contribution in [3.8, 4) is 24.0 Å². The minimum absolute atomic E-state index is 0.0385. The number of ether oxygens (including phenoxy) is 1. The molecular formula is C28H40N4O. The van der Waals surface area contributed by atoms with Crippen molar-refractivity contribution in [1.82, 2.24) is 0 Å². The molecule has 0 amide bonds. The van der Waals surface area contributed by atoms with Crippen LogP contribution in [0.1, 0.15) is 103 Å². The number of nitriles is 3. The highest BCUT2D eigenvalue weighted by molar-refractivity contribution is 5.94. The Bertz CT molecular complexity index is 766. The standard InChI is InChI=1S/C28H40N4O/c1-2-3-4-5-6-7-8-9-10-11-12-13-14-15-22-33-27-18-16-26(17-19-27)32-28(20-21-29)25(23-30)24-31/h16-19,25H,2-15,20,22H2,1H3. The Morgan fingerprint density at radius 3 is 1.70 bits per heavy atom. The molecule has 5 heteroatoms. The summed E-state index contributed by atoms with van der Waals surface area (Å²) in [7, 11) is 0. The van der Waals surface area contributed by atoms with E-state index in [9.17, 15) is 0 Å². The predicted molar refractivity (Wildman–Crippen MR) is 134 cm³/mol. The van der Waals surface area contributed by atoms with Gasteiger partial charge in [0, 0.05) is 0 Å². The quantitative estimate of drug-likeness (QED) is 0.157. The Labute approximate surface area is 201 Å². The zero-order chi connectivity index (χ0) is 24.0. The van der Waals surface area contributed by atoms with Crippen LogP contribution >= 0.6 is 0 Å².